The van der Waals surface area contributed by atoms with Crippen LogP contribution in [0.1, 0.15) is 25.8 Å². The fourth-order valence-electron chi connectivity index (χ4n) is 2.82. The highest BCUT2D eigenvalue weighted by Gasteiger charge is 2.25. The maximum Gasteiger partial charge on any atom is 0.0437 e. The van der Waals surface area contributed by atoms with Crippen molar-refractivity contribution in [3.05, 3.63) is 29.8 Å². The second kappa shape index (κ2) is 5.54. The van der Waals surface area contributed by atoms with E-state index in [1.165, 1.54) is 30.6 Å². The van der Waals surface area contributed by atoms with Crippen LogP contribution in [0.5, 0.6) is 0 Å². The third kappa shape index (κ3) is 2.63. The average molecular weight is 232 g/mol. The average Bonchev–Trinajstić information content (AvgIpc) is 2.35. The maximum absolute atomic E-state index is 3.34. The molecule has 1 aromatic rings. The standard InChI is InChI=1S/C15H24N2/c1-12(2)15(11-16-3)17-10-6-8-13-7-4-5-9-14(13)17/h4-5,7,9,12,15-16H,6,8,10-11H2,1-3H3. The molecule has 0 spiro atoms. The molecule has 1 aliphatic rings. The number of fused-ring (bicyclic) bond motifs is 1. The van der Waals surface area contributed by atoms with Crippen molar-refractivity contribution in [2.24, 2.45) is 5.92 Å². The molecule has 1 aromatic carbocycles. The third-order valence-electron chi connectivity index (χ3n) is 3.73. The molecule has 1 atom stereocenters. The van der Waals surface area contributed by atoms with Crippen molar-refractivity contribution in [1.82, 2.24) is 5.32 Å². The van der Waals surface area contributed by atoms with Gasteiger partial charge in [-0.1, -0.05) is 32.0 Å². The van der Waals surface area contributed by atoms with Gasteiger partial charge in [0.25, 0.3) is 0 Å². The van der Waals surface area contributed by atoms with Gasteiger partial charge in [0.2, 0.25) is 0 Å². The summed E-state index contributed by atoms with van der Waals surface area (Å²) in [5, 5.41) is 3.34. The molecule has 0 saturated carbocycles. The number of aryl methyl sites for hydroxylation is 1. The summed E-state index contributed by atoms with van der Waals surface area (Å²) in [4.78, 5) is 2.60. The number of hydrogen-bond donors (Lipinski definition) is 1. The van der Waals surface area contributed by atoms with Crippen molar-refractivity contribution in [2.75, 3.05) is 25.0 Å². The first-order valence-corrected chi connectivity index (χ1v) is 6.73. The van der Waals surface area contributed by atoms with E-state index in [0.717, 1.165) is 6.54 Å². The summed E-state index contributed by atoms with van der Waals surface area (Å²) in [6.45, 7) is 6.89. The van der Waals surface area contributed by atoms with Crippen molar-refractivity contribution in [1.29, 1.82) is 0 Å². The summed E-state index contributed by atoms with van der Waals surface area (Å²) in [6.07, 6.45) is 2.51. The minimum atomic E-state index is 0.599. The van der Waals surface area contributed by atoms with E-state index in [9.17, 15) is 0 Å². The summed E-state index contributed by atoms with van der Waals surface area (Å²) in [5.74, 6) is 0.675. The summed E-state index contributed by atoms with van der Waals surface area (Å²) in [6, 6.07) is 9.47. The minimum absolute atomic E-state index is 0.599. The van der Waals surface area contributed by atoms with Crippen LogP contribution in [0.3, 0.4) is 0 Å². The number of rotatable bonds is 4. The van der Waals surface area contributed by atoms with Gasteiger partial charge < -0.3 is 10.2 Å². The maximum atomic E-state index is 3.34. The summed E-state index contributed by atoms with van der Waals surface area (Å²) in [7, 11) is 2.05. The van der Waals surface area contributed by atoms with Crippen LogP contribution in [-0.4, -0.2) is 26.2 Å². The smallest absolute Gasteiger partial charge is 0.0437 e. The lowest BCUT2D eigenvalue weighted by Crippen LogP contribution is -2.47. The number of benzene rings is 1. The van der Waals surface area contributed by atoms with Gasteiger partial charge in [0.1, 0.15) is 0 Å². The molecule has 17 heavy (non-hydrogen) atoms. The van der Waals surface area contributed by atoms with Crippen LogP contribution in [0.2, 0.25) is 0 Å². The number of anilines is 1. The Hall–Kier alpha value is -1.02. The predicted octanol–water partition coefficient (Wildman–Crippen LogP) is 2.68. The number of nitrogens with zero attached hydrogens (tertiary/aromatic N) is 1. The van der Waals surface area contributed by atoms with Crippen LogP contribution in [0.4, 0.5) is 5.69 Å². The van der Waals surface area contributed by atoms with Gasteiger partial charge in [-0.25, -0.2) is 0 Å². The molecule has 0 aliphatic carbocycles. The molecule has 0 saturated heterocycles. The fourth-order valence-corrected chi connectivity index (χ4v) is 2.82. The van der Waals surface area contributed by atoms with Crippen LogP contribution in [0.15, 0.2) is 24.3 Å². The largest absolute Gasteiger partial charge is 0.367 e. The van der Waals surface area contributed by atoms with Crippen molar-refractivity contribution < 1.29 is 0 Å². The van der Waals surface area contributed by atoms with E-state index in [1.807, 2.05) is 7.05 Å². The van der Waals surface area contributed by atoms with Gasteiger partial charge in [-0.15, -0.1) is 0 Å². The molecule has 2 rings (SSSR count). The van der Waals surface area contributed by atoms with Gasteiger partial charge in [-0.2, -0.15) is 0 Å². The lowest BCUT2D eigenvalue weighted by atomic mass is 9.95. The molecule has 1 aliphatic heterocycles. The van der Waals surface area contributed by atoms with Crippen LogP contribution in [0, 0.1) is 5.92 Å². The van der Waals surface area contributed by atoms with Crippen LogP contribution in [-0.2, 0) is 6.42 Å². The van der Waals surface area contributed by atoms with Gasteiger partial charge in [0, 0.05) is 24.8 Å². The molecule has 2 nitrogen and oxygen atoms in total. The third-order valence-corrected chi connectivity index (χ3v) is 3.73. The SMILES string of the molecule is CNCC(C(C)C)N1CCCc2ccccc21. The summed E-state index contributed by atoms with van der Waals surface area (Å²) < 4.78 is 0. The number of likely N-dealkylation sites (N-methyl/N-ethyl adjacent to an activating group) is 1. The lowest BCUT2D eigenvalue weighted by Gasteiger charge is -2.40. The number of para-hydroxylation sites is 1. The van der Waals surface area contributed by atoms with Gasteiger partial charge in [-0.3, -0.25) is 0 Å². The molecule has 1 heterocycles. The molecule has 1 unspecified atom stereocenters. The van der Waals surface area contributed by atoms with Crippen molar-refractivity contribution in [2.45, 2.75) is 32.7 Å². The zero-order valence-corrected chi connectivity index (χ0v) is 11.2. The second-order valence-corrected chi connectivity index (χ2v) is 5.29. The Morgan fingerprint density at radius 3 is 2.76 bits per heavy atom. The first-order valence-electron chi connectivity index (χ1n) is 6.73. The first kappa shape index (κ1) is 12.4. The molecular formula is C15H24N2. The summed E-state index contributed by atoms with van der Waals surface area (Å²) >= 11 is 0. The first-order chi connectivity index (χ1) is 8.24. The zero-order valence-electron chi connectivity index (χ0n) is 11.2. The Bertz CT molecular complexity index is 360. The Labute approximate surface area is 105 Å². The van der Waals surface area contributed by atoms with Crippen molar-refractivity contribution in [3.63, 3.8) is 0 Å². The molecule has 94 valence electrons. The molecule has 0 radical (unpaired) electrons. The predicted molar refractivity (Wildman–Crippen MR) is 74.7 cm³/mol. The molecule has 0 fully saturated rings. The second-order valence-electron chi connectivity index (χ2n) is 5.29. The Kier molecular flexibility index (Phi) is 4.06. The summed E-state index contributed by atoms with van der Waals surface area (Å²) in [5.41, 5.74) is 2.97. The number of nitrogens with one attached hydrogen (secondary N) is 1. The van der Waals surface area contributed by atoms with Crippen molar-refractivity contribution >= 4 is 5.69 Å². The van der Waals surface area contributed by atoms with E-state index in [2.05, 4.69) is 48.3 Å². The van der Waals surface area contributed by atoms with Gasteiger partial charge >= 0.3 is 0 Å². The van der Waals surface area contributed by atoms with E-state index in [1.54, 1.807) is 0 Å². The molecular weight excluding hydrogens is 208 g/mol. The monoisotopic (exact) mass is 232 g/mol. The highest BCUT2D eigenvalue weighted by atomic mass is 15.2. The van der Waals surface area contributed by atoms with Crippen LogP contribution >= 0.6 is 0 Å². The van der Waals surface area contributed by atoms with Crippen LogP contribution < -0.4 is 10.2 Å². The zero-order chi connectivity index (χ0) is 12.3. The molecule has 0 bridgehead atoms. The minimum Gasteiger partial charge on any atom is -0.367 e. The number of hydrogen-bond acceptors (Lipinski definition) is 2. The Morgan fingerprint density at radius 2 is 2.06 bits per heavy atom. The molecule has 2 heteroatoms. The van der Waals surface area contributed by atoms with Gasteiger partial charge in [0.05, 0.1) is 0 Å². The quantitative estimate of drug-likeness (QED) is 0.858. The highest BCUT2D eigenvalue weighted by Crippen LogP contribution is 2.30. The van der Waals surface area contributed by atoms with Gasteiger partial charge in [0.15, 0.2) is 0 Å². The van der Waals surface area contributed by atoms with E-state index >= 15 is 0 Å². The topological polar surface area (TPSA) is 15.3 Å². The van der Waals surface area contributed by atoms with E-state index in [0.29, 0.717) is 12.0 Å². The van der Waals surface area contributed by atoms with Gasteiger partial charge in [-0.05, 0) is 37.4 Å². The Balaban J connectivity index is 2.27. The van der Waals surface area contributed by atoms with E-state index in [4.69, 9.17) is 0 Å². The van der Waals surface area contributed by atoms with E-state index < -0.39 is 0 Å². The molecule has 0 amide bonds. The van der Waals surface area contributed by atoms with Crippen molar-refractivity contribution in [3.8, 4) is 0 Å². The Morgan fingerprint density at radius 1 is 1.29 bits per heavy atom. The normalized spacial score (nSPS) is 17.1. The fraction of sp³-hybridized carbons (Fsp3) is 0.600. The van der Waals surface area contributed by atoms with Crippen LogP contribution in [0.25, 0.3) is 0 Å². The lowest BCUT2D eigenvalue weighted by molar-refractivity contribution is 0.428. The van der Waals surface area contributed by atoms with E-state index in [-0.39, 0.29) is 0 Å². The molecule has 0 aromatic heterocycles. The highest BCUT2D eigenvalue weighted by molar-refractivity contribution is 5.56. The molecule has 1 N–H and O–H groups in total.